The molecule has 0 radical (unpaired) electrons. The predicted molar refractivity (Wildman–Crippen MR) is 77.8 cm³/mol. The van der Waals surface area contributed by atoms with Crippen LogP contribution in [0.3, 0.4) is 0 Å². The minimum atomic E-state index is 0.749. The largest absolute Gasteiger partial charge is 0.393 e. The summed E-state index contributed by atoms with van der Waals surface area (Å²) in [7, 11) is 5.66. The Morgan fingerprint density at radius 1 is 1.17 bits per heavy atom. The van der Waals surface area contributed by atoms with Crippen molar-refractivity contribution in [3.8, 4) is 0 Å². The summed E-state index contributed by atoms with van der Waals surface area (Å²) >= 11 is 0. The minimum absolute atomic E-state index is 0.749. The van der Waals surface area contributed by atoms with Crippen LogP contribution >= 0.6 is 0 Å². The molecule has 1 aromatic rings. The number of nitrogens with zero attached hydrogens (tertiary/aromatic N) is 1. The zero-order valence-corrected chi connectivity index (χ0v) is 11.1. The average molecular weight is 247 g/mol. The highest BCUT2D eigenvalue weighted by Gasteiger charge is 1.97. The van der Waals surface area contributed by atoms with Gasteiger partial charge in [0.1, 0.15) is 5.82 Å². The maximum absolute atomic E-state index is 3.92. The molecule has 0 heterocycles. The van der Waals surface area contributed by atoms with Gasteiger partial charge in [-0.15, -0.1) is 0 Å². The van der Waals surface area contributed by atoms with Crippen molar-refractivity contribution in [2.24, 2.45) is 0 Å². The van der Waals surface area contributed by atoms with Crippen LogP contribution in [0.1, 0.15) is 0 Å². The van der Waals surface area contributed by atoms with E-state index in [1.807, 2.05) is 62.7 Å². The second-order valence-corrected chi connectivity index (χ2v) is 3.74. The van der Waals surface area contributed by atoms with Crippen LogP contribution in [0.2, 0.25) is 0 Å². The van der Waals surface area contributed by atoms with E-state index in [0.29, 0.717) is 0 Å². The Hall–Kier alpha value is -2.30. The standard InChI is InChI=1S/C13H21N5/c1-11(18(4)10-9-14-2)16-17-13-7-5-12(15-3)6-8-13/h5-10,14-17H,1H2,2-4H3. The number of rotatable bonds is 7. The maximum Gasteiger partial charge on any atom is 0.116 e. The van der Waals surface area contributed by atoms with Gasteiger partial charge in [0.25, 0.3) is 0 Å². The van der Waals surface area contributed by atoms with Crippen molar-refractivity contribution in [2.75, 3.05) is 31.9 Å². The summed E-state index contributed by atoms with van der Waals surface area (Å²) in [5.41, 5.74) is 8.16. The minimum Gasteiger partial charge on any atom is -0.393 e. The Labute approximate surface area is 109 Å². The number of hydrogen-bond donors (Lipinski definition) is 4. The first kappa shape index (κ1) is 13.8. The molecule has 0 spiro atoms. The number of nitrogens with one attached hydrogen (secondary N) is 4. The normalized spacial score (nSPS) is 9.94. The second kappa shape index (κ2) is 7.11. The third-order valence-electron chi connectivity index (χ3n) is 2.42. The lowest BCUT2D eigenvalue weighted by atomic mass is 10.3. The van der Waals surface area contributed by atoms with E-state index < -0.39 is 0 Å². The Bertz CT molecular complexity index is 396. The highest BCUT2D eigenvalue weighted by atomic mass is 15.4. The molecule has 0 atom stereocenters. The number of benzene rings is 1. The van der Waals surface area contributed by atoms with Crippen LogP contribution in [0.15, 0.2) is 49.1 Å². The molecule has 0 unspecified atom stereocenters. The Morgan fingerprint density at radius 3 is 2.33 bits per heavy atom. The van der Waals surface area contributed by atoms with E-state index in [2.05, 4.69) is 28.1 Å². The highest BCUT2D eigenvalue weighted by molar-refractivity contribution is 5.52. The lowest BCUT2D eigenvalue weighted by Crippen LogP contribution is -2.28. The average Bonchev–Trinajstić information content (AvgIpc) is 2.42. The maximum atomic E-state index is 3.92. The van der Waals surface area contributed by atoms with E-state index in [0.717, 1.165) is 17.2 Å². The van der Waals surface area contributed by atoms with Crippen molar-refractivity contribution in [1.82, 2.24) is 15.6 Å². The molecule has 0 aliphatic rings. The third kappa shape index (κ3) is 4.29. The third-order valence-corrected chi connectivity index (χ3v) is 2.42. The molecule has 0 bridgehead atoms. The van der Waals surface area contributed by atoms with Gasteiger partial charge in [-0.1, -0.05) is 6.58 Å². The van der Waals surface area contributed by atoms with Gasteiger partial charge in [0.2, 0.25) is 0 Å². The zero-order chi connectivity index (χ0) is 13.4. The van der Waals surface area contributed by atoms with Gasteiger partial charge >= 0.3 is 0 Å². The van der Waals surface area contributed by atoms with Gasteiger partial charge in [-0.05, 0) is 24.3 Å². The molecule has 1 rings (SSSR count). The second-order valence-electron chi connectivity index (χ2n) is 3.74. The van der Waals surface area contributed by atoms with E-state index in [1.54, 1.807) is 0 Å². The first-order valence-corrected chi connectivity index (χ1v) is 5.73. The fourth-order valence-corrected chi connectivity index (χ4v) is 1.23. The lowest BCUT2D eigenvalue weighted by molar-refractivity contribution is 0.524. The van der Waals surface area contributed by atoms with Crippen LogP contribution in [-0.2, 0) is 0 Å². The van der Waals surface area contributed by atoms with Crippen molar-refractivity contribution in [1.29, 1.82) is 0 Å². The summed E-state index contributed by atoms with van der Waals surface area (Å²) in [4.78, 5) is 1.87. The SMILES string of the molecule is C=C(NNc1ccc(NC)cc1)N(C)C=CNC. The Balaban J connectivity index is 2.44. The number of hydrogen-bond acceptors (Lipinski definition) is 5. The molecule has 1 aromatic carbocycles. The molecular formula is C13H21N5. The van der Waals surface area contributed by atoms with Crippen molar-refractivity contribution in [2.45, 2.75) is 0 Å². The van der Waals surface area contributed by atoms with Crippen LogP contribution in [0.25, 0.3) is 0 Å². The topological polar surface area (TPSA) is 51.4 Å². The van der Waals surface area contributed by atoms with Gasteiger partial charge in [0.05, 0.1) is 5.69 Å². The molecule has 0 aromatic heterocycles. The summed E-state index contributed by atoms with van der Waals surface area (Å²) < 4.78 is 0. The van der Waals surface area contributed by atoms with Gasteiger partial charge in [0.15, 0.2) is 0 Å². The van der Waals surface area contributed by atoms with Crippen LogP contribution < -0.4 is 21.5 Å². The summed E-state index contributed by atoms with van der Waals surface area (Å²) in [6, 6.07) is 7.96. The quantitative estimate of drug-likeness (QED) is 0.553. The van der Waals surface area contributed by atoms with Crippen LogP contribution in [0.4, 0.5) is 11.4 Å². The van der Waals surface area contributed by atoms with Crippen molar-refractivity contribution in [3.05, 3.63) is 49.1 Å². The van der Waals surface area contributed by atoms with E-state index in [9.17, 15) is 0 Å². The molecule has 0 aliphatic carbocycles. The molecule has 5 heteroatoms. The lowest BCUT2D eigenvalue weighted by Gasteiger charge is -2.19. The van der Waals surface area contributed by atoms with Crippen LogP contribution in [0, 0.1) is 0 Å². The molecule has 0 amide bonds. The Kier molecular flexibility index (Phi) is 5.44. The molecule has 4 N–H and O–H groups in total. The summed E-state index contributed by atoms with van der Waals surface area (Å²) in [6.45, 7) is 3.92. The highest BCUT2D eigenvalue weighted by Crippen LogP contribution is 2.12. The summed E-state index contributed by atoms with van der Waals surface area (Å²) in [5.74, 6) is 0.749. The molecule has 18 heavy (non-hydrogen) atoms. The first-order valence-electron chi connectivity index (χ1n) is 5.73. The molecule has 0 saturated carbocycles. The number of anilines is 2. The van der Waals surface area contributed by atoms with E-state index in [-0.39, 0.29) is 0 Å². The zero-order valence-electron chi connectivity index (χ0n) is 11.1. The van der Waals surface area contributed by atoms with Crippen molar-refractivity contribution in [3.63, 3.8) is 0 Å². The van der Waals surface area contributed by atoms with E-state index in [4.69, 9.17) is 0 Å². The van der Waals surface area contributed by atoms with Crippen LogP contribution in [0.5, 0.6) is 0 Å². The summed E-state index contributed by atoms with van der Waals surface area (Å²) in [5, 5.41) is 5.99. The number of hydrazine groups is 1. The predicted octanol–water partition coefficient (Wildman–Crippen LogP) is 1.74. The van der Waals surface area contributed by atoms with Gasteiger partial charge in [-0.3, -0.25) is 10.9 Å². The molecule has 5 nitrogen and oxygen atoms in total. The monoisotopic (exact) mass is 247 g/mol. The fraction of sp³-hybridized carbons (Fsp3) is 0.231. The van der Waals surface area contributed by atoms with Gasteiger partial charge in [-0.25, -0.2) is 0 Å². The Morgan fingerprint density at radius 2 is 1.78 bits per heavy atom. The molecule has 0 fully saturated rings. The van der Waals surface area contributed by atoms with Gasteiger partial charge in [-0.2, -0.15) is 0 Å². The molecular weight excluding hydrogens is 226 g/mol. The first-order chi connectivity index (χ1) is 8.67. The smallest absolute Gasteiger partial charge is 0.116 e. The fourth-order valence-electron chi connectivity index (χ4n) is 1.23. The van der Waals surface area contributed by atoms with Gasteiger partial charge in [0, 0.05) is 39.2 Å². The van der Waals surface area contributed by atoms with E-state index >= 15 is 0 Å². The molecule has 98 valence electrons. The van der Waals surface area contributed by atoms with Crippen molar-refractivity contribution >= 4 is 11.4 Å². The van der Waals surface area contributed by atoms with Crippen LogP contribution in [-0.4, -0.2) is 26.0 Å². The summed E-state index contributed by atoms with van der Waals surface area (Å²) in [6.07, 6.45) is 3.70. The van der Waals surface area contributed by atoms with Crippen molar-refractivity contribution < 1.29 is 0 Å². The molecule has 0 saturated heterocycles. The molecule has 0 aliphatic heterocycles. The van der Waals surface area contributed by atoms with E-state index in [1.165, 1.54) is 0 Å². The van der Waals surface area contributed by atoms with Gasteiger partial charge < -0.3 is 15.5 Å².